The third-order valence-corrected chi connectivity index (χ3v) is 3.48. The van der Waals surface area contributed by atoms with Crippen LogP contribution in [-0.4, -0.2) is 21.0 Å². The zero-order valence-electron chi connectivity index (χ0n) is 6.82. The molecule has 2 N–H and O–H groups in total. The second kappa shape index (κ2) is 3.55. The lowest BCUT2D eigenvalue weighted by Crippen LogP contribution is -1.95. The van der Waals surface area contributed by atoms with E-state index in [9.17, 15) is 4.79 Å². The molecule has 0 radical (unpaired) electrons. The smallest absolute Gasteiger partial charge is 0.353 e. The van der Waals surface area contributed by atoms with Gasteiger partial charge in [-0.05, 0) is 27.4 Å². The van der Waals surface area contributed by atoms with Gasteiger partial charge in [0.05, 0.1) is 11.1 Å². The molecule has 2 rings (SSSR count). The maximum atomic E-state index is 10.6. The number of H-pyrrole nitrogens is 1. The monoisotopic (exact) mass is 272 g/mol. The Balaban J connectivity index is 2.43. The fourth-order valence-electron chi connectivity index (χ4n) is 1.01. The Kier molecular flexibility index (Phi) is 2.39. The predicted octanol–water partition coefficient (Wildman–Crippen LogP) is 2.60. The molecule has 6 heteroatoms. The van der Waals surface area contributed by atoms with Crippen LogP contribution in [0.2, 0.25) is 0 Å². The molecular formula is C8H5BrN2O2S. The van der Waals surface area contributed by atoms with Crippen LogP contribution in [0.15, 0.2) is 22.1 Å². The first-order chi connectivity index (χ1) is 6.68. The van der Waals surface area contributed by atoms with Gasteiger partial charge in [-0.3, -0.25) is 0 Å². The highest BCUT2D eigenvalue weighted by molar-refractivity contribution is 9.10. The molecule has 2 aromatic heterocycles. The highest BCUT2D eigenvalue weighted by Crippen LogP contribution is 2.31. The van der Waals surface area contributed by atoms with Crippen molar-refractivity contribution in [1.29, 1.82) is 0 Å². The van der Waals surface area contributed by atoms with E-state index in [0.29, 0.717) is 5.82 Å². The molecule has 0 aliphatic carbocycles. The van der Waals surface area contributed by atoms with Gasteiger partial charge in [-0.15, -0.1) is 11.3 Å². The van der Waals surface area contributed by atoms with E-state index in [2.05, 4.69) is 25.9 Å². The Labute approximate surface area is 91.7 Å². The van der Waals surface area contributed by atoms with Crippen molar-refractivity contribution < 1.29 is 9.90 Å². The summed E-state index contributed by atoms with van der Waals surface area (Å²) in [6.45, 7) is 0. The number of aromatic carboxylic acids is 1. The lowest BCUT2D eigenvalue weighted by Gasteiger charge is -1.91. The van der Waals surface area contributed by atoms with Crippen molar-refractivity contribution in [3.05, 3.63) is 27.8 Å². The van der Waals surface area contributed by atoms with Crippen molar-refractivity contribution in [2.75, 3.05) is 0 Å². The standard InChI is InChI=1S/C8H5BrN2O2S/c9-4-1-2-14-6(4)7-10-3-5(11-7)8(12)13/h1-3H,(H,10,11)(H,12,13). The average Bonchev–Trinajstić information content (AvgIpc) is 2.71. The molecule has 0 saturated carbocycles. The SMILES string of the molecule is O=C(O)c1cnc(-c2sccc2Br)[nH]1. The minimum absolute atomic E-state index is 0.0975. The molecule has 0 fully saturated rings. The number of aromatic nitrogens is 2. The Morgan fingerprint density at radius 1 is 1.64 bits per heavy atom. The van der Waals surface area contributed by atoms with Crippen LogP contribution in [0, 0.1) is 0 Å². The number of hydrogen-bond acceptors (Lipinski definition) is 3. The maximum Gasteiger partial charge on any atom is 0.353 e. The zero-order chi connectivity index (χ0) is 10.1. The van der Waals surface area contributed by atoms with E-state index >= 15 is 0 Å². The van der Waals surface area contributed by atoms with Crippen LogP contribution in [-0.2, 0) is 0 Å². The summed E-state index contributed by atoms with van der Waals surface area (Å²) in [5.41, 5.74) is 0.0975. The summed E-state index contributed by atoms with van der Waals surface area (Å²) >= 11 is 4.85. The molecule has 14 heavy (non-hydrogen) atoms. The van der Waals surface area contributed by atoms with Crippen LogP contribution in [0.5, 0.6) is 0 Å². The van der Waals surface area contributed by atoms with Gasteiger partial charge in [0, 0.05) is 4.47 Å². The highest BCUT2D eigenvalue weighted by atomic mass is 79.9. The number of aromatic amines is 1. The Morgan fingerprint density at radius 3 is 2.93 bits per heavy atom. The lowest BCUT2D eigenvalue weighted by molar-refractivity contribution is 0.0691. The Bertz CT molecular complexity index is 477. The zero-order valence-corrected chi connectivity index (χ0v) is 9.22. The van der Waals surface area contributed by atoms with Crippen molar-refractivity contribution in [3.8, 4) is 10.7 Å². The van der Waals surface area contributed by atoms with Crippen molar-refractivity contribution >= 4 is 33.2 Å². The van der Waals surface area contributed by atoms with Crippen LogP contribution in [0.3, 0.4) is 0 Å². The van der Waals surface area contributed by atoms with Gasteiger partial charge in [0.1, 0.15) is 11.5 Å². The number of carboxylic acids is 1. The number of nitrogens with one attached hydrogen (secondary N) is 1. The number of nitrogens with zero attached hydrogens (tertiary/aromatic N) is 1. The van der Waals surface area contributed by atoms with Gasteiger partial charge in [0.15, 0.2) is 0 Å². The molecule has 0 amide bonds. The number of carbonyl (C=O) groups is 1. The maximum absolute atomic E-state index is 10.6. The van der Waals surface area contributed by atoms with Crippen LogP contribution >= 0.6 is 27.3 Å². The van der Waals surface area contributed by atoms with E-state index < -0.39 is 5.97 Å². The summed E-state index contributed by atoms with van der Waals surface area (Å²) in [5.74, 6) is -0.430. The number of thiophene rings is 1. The van der Waals surface area contributed by atoms with E-state index in [1.54, 1.807) is 0 Å². The van der Waals surface area contributed by atoms with Crippen molar-refractivity contribution in [1.82, 2.24) is 9.97 Å². The van der Waals surface area contributed by atoms with Crippen molar-refractivity contribution in [2.45, 2.75) is 0 Å². The van der Waals surface area contributed by atoms with E-state index in [0.717, 1.165) is 9.35 Å². The summed E-state index contributed by atoms with van der Waals surface area (Å²) in [5, 5.41) is 10.6. The fraction of sp³-hybridized carbons (Fsp3) is 0. The van der Waals surface area contributed by atoms with Gasteiger partial charge < -0.3 is 10.1 Å². The lowest BCUT2D eigenvalue weighted by atomic mass is 10.4. The van der Waals surface area contributed by atoms with Gasteiger partial charge in [-0.2, -0.15) is 0 Å². The first-order valence-electron chi connectivity index (χ1n) is 3.70. The second-order valence-corrected chi connectivity index (χ2v) is 4.32. The molecule has 0 bridgehead atoms. The molecule has 0 aliphatic heterocycles. The molecule has 0 spiro atoms. The quantitative estimate of drug-likeness (QED) is 0.883. The third kappa shape index (κ3) is 1.58. The van der Waals surface area contributed by atoms with Crippen molar-refractivity contribution in [3.63, 3.8) is 0 Å². The van der Waals surface area contributed by atoms with E-state index in [1.807, 2.05) is 11.4 Å². The van der Waals surface area contributed by atoms with Crippen LogP contribution in [0.4, 0.5) is 0 Å². The van der Waals surface area contributed by atoms with E-state index in [4.69, 9.17) is 5.11 Å². The number of rotatable bonds is 2. The van der Waals surface area contributed by atoms with Gasteiger partial charge in [0.2, 0.25) is 0 Å². The molecule has 2 aromatic rings. The highest BCUT2D eigenvalue weighted by Gasteiger charge is 2.11. The second-order valence-electron chi connectivity index (χ2n) is 2.55. The van der Waals surface area contributed by atoms with Crippen LogP contribution < -0.4 is 0 Å². The Hall–Kier alpha value is -1.14. The minimum atomic E-state index is -1.00. The van der Waals surface area contributed by atoms with Crippen molar-refractivity contribution in [2.24, 2.45) is 0 Å². The molecule has 0 aromatic carbocycles. The fourth-order valence-corrected chi connectivity index (χ4v) is 2.52. The van der Waals surface area contributed by atoms with Crippen LogP contribution in [0.1, 0.15) is 10.5 Å². The molecule has 4 nitrogen and oxygen atoms in total. The summed E-state index contributed by atoms with van der Waals surface area (Å²) < 4.78 is 0.911. The number of imidazole rings is 1. The van der Waals surface area contributed by atoms with E-state index in [-0.39, 0.29) is 5.69 Å². The number of carboxylic acid groups (broad SMARTS) is 1. The molecule has 0 unspecified atom stereocenters. The topological polar surface area (TPSA) is 66.0 Å². The van der Waals surface area contributed by atoms with E-state index in [1.165, 1.54) is 17.5 Å². The van der Waals surface area contributed by atoms with Gasteiger partial charge in [0.25, 0.3) is 0 Å². The van der Waals surface area contributed by atoms with Gasteiger partial charge in [-0.25, -0.2) is 9.78 Å². The largest absolute Gasteiger partial charge is 0.477 e. The number of hydrogen-bond donors (Lipinski definition) is 2. The predicted molar refractivity (Wildman–Crippen MR) is 56.6 cm³/mol. The molecule has 2 heterocycles. The molecule has 72 valence electrons. The van der Waals surface area contributed by atoms with Gasteiger partial charge in [-0.1, -0.05) is 0 Å². The summed E-state index contributed by atoms with van der Waals surface area (Å²) in [4.78, 5) is 18.2. The number of halogens is 1. The first-order valence-corrected chi connectivity index (χ1v) is 5.37. The molecule has 0 aliphatic rings. The molecule has 0 atom stereocenters. The van der Waals surface area contributed by atoms with Crippen LogP contribution in [0.25, 0.3) is 10.7 Å². The first kappa shape index (κ1) is 9.42. The summed E-state index contributed by atoms with van der Waals surface area (Å²) in [6, 6.07) is 1.89. The molecule has 0 saturated heterocycles. The summed E-state index contributed by atoms with van der Waals surface area (Å²) in [7, 11) is 0. The molecular weight excluding hydrogens is 268 g/mol. The Morgan fingerprint density at radius 2 is 2.43 bits per heavy atom. The minimum Gasteiger partial charge on any atom is -0.477 e. The normalized spacial score (nSPS) is 10.4. The summed E-state index contributed by atoms with van der Waals surface area (Å²) in [6.07, 6.45) is 1.31. The van der Waals surface area contributed by atoms with Gasteiger partial charge >= 0.3 is 5.97 Å². The average molecular weight is 273 g/mol. The third-order valence-electron chi connectivity index (χ3n) is 1.64.